The Morgan fingerprint density at radius 1 is 1.12 bits per heavy atom. The van der Waals surface area contributed by atoms with Crippen LogP contribution in [0, 0.1) is 6.92 Å². The average molecular weight is 454 g/mol. The first-order chi connectivity index (χ1) is 15.5. The van der Waals surface area contributed by atoms with E-state index in [4.69, 9.17) is 9.47 Å². The molecule has 0 spiro atoms. The van der Waals surface area contributed by atoms with E-state index in [2.05, 4.69) is 20.8 Å². The first-order valence-electron chi connectivity index (χ1n) is 10.1. The molecule has 0 saturated heterocycles. The molecule has 1 aromatic heterocycles. The number of rotatable bonds is 8. The molecule has 10 heteroatoms. The van der Waals surface area contributed by atoms with E-state index < -0.39 is 0 Å². The summed E-state index contributed by atoms with van der Waals surface area (Å²) in [5.41, 5.74) is 2.31. The van der Waals surface area contributed by atoms with E-state index in [-0.39, 0.29) is 30.9 Å². The number of carbonyl (C=O) groups excluding carboxylic acids is 2. The van der Waals surface area contributed by atoms with Gasteiger partial charge in [0.1, 0.15) is 0 Å². The van der Waals surface area contributed by atoms with Crippen LogP contribution in [0.2, 0.25) is 0 Å². The molecule has 1 aliphatic rings. The Morgan fingerprint density at radius 2 is 1.97 bits per heavy atom. The highest BCUT2D eigenvalue weighted by Crippen LogP contribution is 2.32. The van der Waals surface area contributed by atoms with Gasteiger partial charge in [-0.2, -0.15) is 0 Å². The minimum Gasteiger partial charge on any atom is -0.454 e. The van der Waals surface area contributed by atoms with E-state index in [9.17, 15) is 9.59 Å². The van der Waals surface area contributed by atoms with Crippen molar-refractivity contribution >= 4 is 29.3 Å². The Labute approximate surface area is 189 Å². The van der Waals surface area contributed by atoms with Gasteiger partial charge in [-0.15, -0.1) is 10.2 Å². The summed E-state index contributed by atoms with van der Waals surface area (Å²) in [6.45, 7) is 4.92. The molecule has 2 N–H and O–H groups in total. The largest absolute Gasteiger partial charge is 0.454 e. The van der Waals surface area contributed by atoms with E-state index in [1.54, 1.807) is 18.2 Å². The van der Waals surface area contributed by atoms with Crippen molar-refractivity contribution in [1.29, 1.82) is 0 Å². The summed E-state index contributed by atoms with van der Waals surface area (Å²) < 4.78 is 12.5. The van der Waals surface area contributed by atoms with Crippen LogP contribution in [0.25, 0.3) is 0 Å². The third-order valence-corrected chi connectivity index (χ3v) is 5.75. The number of fused-ring (bicyclic) bond motifs is 1. The van der Waals surface area contributed by atoms with Crippen molar-refractivity contribution in [2.24, 2.45) is 0 Å². The van der Waals surface area contributed by atoms with Gasteiger partial charge in [0.2, 0.25) is 12.7 Å². The lowest BCUT2D eigenvalue weighted by molar-refractivity contribution is -0.113. The van der Waals surface area contributed by atoms with Crippen molar-refractivity contribution in [3.05, 3.63) is 59.4 Å². The van der Waals surface area contributed by atoms with Gasteiger partial charge in [0.25, 0.3) is 5.91 Å². The molecule has 2 aromatic carbocycles. The SMILES string of the molecule is CCn1c(CNC(=O)c2ccc3c(c2)OCO3)nnc1SCC(=O)Nc1cccc(C)c1. The van der Waals surface area contributed by atoms with Gasteiger partial charge in [0, 0.05) is 17.8 Å². The van der Waals surface area contributed by atoms with E-state index in [0.29, 0.717) is 34.6 Å². The lowest BCUT2D eigenvalue weighted by Crippen LogP contribution is -2.24. The number of aromatic nitrogens is 3. The van der Waals surface area contributed by atoms with E-state index in [0.717, 1.165) is 11.3 Å². The van der Waals surface area contributed by atoms with Crippen LogP contribution < -0.4 is 20.1 Å². The van der Waals surface area contributed by atoms with Gasteiger partial charge >= 0.3 is 0 Å². The highest BCUT2D eigenvalue weighted by Gasteiger charge is 2.18. The minimum absolute atomic E-state index is 0.121. The monoisotopic (exact) mass is 453 g/mol. The lowest BCUT2D eigenvalue weighted by Gasteiger charge is -2.09. The van der Waals surface area contributed by atoms with Crippen LogP contribution >= 0.6 is 11.8 Å². The fourth-order valence-corrected chi connectivity index (χ4v) is 4.04. The van der Waals surface area contributed by atoms with Crippen molar-refractivity contribution in [2.75, 3.05) is 17.9 Å². The number of thioether (sulfide) groups is 1. The minimum atomic E-state index is -0.249. The summed E-state index contributed by atoms with van der Waals surface area (Å²) in [6, 6.07) is 12.7. The number of hydrogen-bond acceptors (Lipinski definition) is 7. The molecule has 4 rings (SSSR count). The summed E-state index contributed by atoms with van der Waals surface area (Å²) in [5, 5.41) is 14.7. The number of amides is 2. The second-order valence-corrected chi connectivity index (χ2v) is 8.04. The van der Waals surface area contributed by atoms with Crippen molar-refractivity contribution in [3.63, 3.8) is 0 Å². The molecule has 2 amide bonds. The van der Waals surface area contributed by atoms with Gasteiger partial charge in [-0.3, -0.25) is 9.59 Å². The summed E-state index contributed by atoms with van der Waals surface area (Å²) in [5.74, 6) is 1.63. The standard InChI is InChI=1S/C22H23N5O4S/c1-3-27-19(11-23-21(29)15-7-8-17-18(10-15)31-13-30-17)25-26-22(27)32-12-20(28)24-16-6-4-5-14(2)9-16/h4-10H,3,11-13H2,1-2H3,(H,23,29)(H,24,28). The zero-order chi connectivity index (χ0) is 22.5. The zero-order valence-corrected chi connectivity index (χ0v) is 18.6. The second-order valence-electron chi connectivity index (χ2n) is 7.10. The average Bonchev–Trinajstić information content (AvgIpc) is 3.41. The van der Waals surface area contributed by atoms with E-state index in [1.165, 1.54) is 11.8 Å². The molecular weight excluding hydrogens is 430 g/mol. The normalized spacial score (nSPS) is 11.9. The topological polar surface area (TPSA) is 107 Å². The number of nitrogens with zero attached hydrogens (tertiary/aromatic N) is 3. The number of anilines is 1. The number of benzene rings is 2. The van der Waals surface area contributed by atoms with Gasteiger partial charge in [-0.1, -0.05) is 23.9 Å². The van der Waals surface area contributed by atoms with Crippen molar-refractivity contribution in [2.45, 2.75) is 32.1 Å². The maximum atomic E-state index is 12.5. The van der Waals surface area contributed by atoms with Gasteiger partial charge in [-0.25, -0.2) is 0 Å². The molecule has 0 unspecified atom stereocenters. The molecule has 2 heterocycles. The molecular formula is C22H23N5O4S. The molecule has 9 nitrogen and oxygen atoms in total. The maximum Gasteiger partial charge on any atom is 0.251 e. The fraction of sp³-hybridized carbons (Fsp3) is 0.273. The first kappa shape index (κ1) is 21.7. The fourth-order valence-electron chi connectivity index (χ4n) is 3.22. The Kier molecular flexibility index (Phi) is 6.60. The summed E-state index contributed by atoms with van der Waals surface area (Å²) in [4.78, 5) is 24.8. The maximum absolute atomic E-state index is 12.5. The third kappa shape index (κ3) is 5.02. The highest BCUT2D eigenvalue weighted by molar-refractivity contribution is 7.99. The Balaban J connectivity index is 1.33. The van der Waals surface area contributed by atoms with E-state index in [1.807, 2.05) is 42.7 Å². The third-order valence-electron chi connectivity index (χ3n) is 4.79. The number of hydrogen-bond donors (Lipinski definition) is 2. The van der Waals surface area contributed by atoms with Crippen LogP contribution in [0.1, 0.15) is 28.7 Å². The molecule has 0 bridgehead atoms. The van der Waals surface area contributed by atoms with Crippen molar-refractivity contribution in [3.8, 4) is 11.5 Å². The van der Waals surface area contributed by atoms with Crippen LogP contribution in [0.15, 0.2) is 47.6 Å². The zero-order valence-electron chi connectivity index (χ0n) is 17.8. The molecule has 1 aliphatic heterocycles. The van der Waals surface area contributed by atoms with Gasteiger partial charge < -0.3 is 24.7 Å². The quantitative estimate of drug-likeness (QED) is 0.505. The number of ether oxygens (including phenoxy) is 2. The summed E-state index contributed by atoms with van der Waals surface area (Å²) >= 11 is 1.30. The molecule has 32 heavy (non-hydrogen) atoms. The number of nitrogens with one attached hydrogen (secondary N) is 2. The van der Waals surface area contributed by atoms with Gasteiger partial charge in [-0.05, 0) is 49.7 Å². The molecule has 3 aromatic rings. The number of carbonyl (C=O) groups is 2. The Hall–Kier alpha value is -3.53. The molecule has 0 saturated carbocycles. The van der Waals surface area contributed by atoms with Crippen LogP contribution in [0.5, 0.6) is 11.5 Å². The van der Waals surface area contributed by atoms with Gasteiger partial charge in [0.15, 0.2) is 22.5 Å². The second kappa shape index (κ2) is 9.73. The number of aryl methyl sites for hydroxylation is 1. The van der Waals surface area contributed by atoms with Crippen LogP contribution in [-0.4, -0.2) is 39.1 Å². The van der Waals surface area contributed by atoms with E-state index >= 15 is 0 Å². The predicted molar refractivity (Wildman–Crippen MR) is 120 cm³/mol. The smallest absolute Gasteiger partial charge is 0.251 e. The van der Waals surface area contributed by atoms with Crippen molar-refractivity contribution in [1.82, 2.24) is 20.1 Å². The van der Waals surface area contributed by atoms with Crippen molar-refractivity contribution < 1.29 is 19.1 Å². The summed E-state index contributed by atoms with van der Waals surface area (Å²) in [6.07, 6.45) is 0. The molecule has 0 radical (unpaired) electrons. The lowest BCUT2D eigenvalue weighted by atomic mass is 10.2. The molecule has 0 atom stereocenters. The van der Waals surface area contributed by atoms with Crippen LogP contribution in [-0.2, 0) is 17.9 Å². The predicted octanol–water partition coefficient (Wildman–Crippen LogP) is 3.00. The Bertz CT molecular complexity index is 1150. The first-order valence-corrected chi connectivity index (χ1v) is 11.1. The van der Waals surface area contributed by atoms with Crippen LogP contribution in [0.4, 0.5) is 5.69 Å². The Morgan fingerprint density at radius 3 is 2.78 bits per heavy atom. The highest BCUT2D eigenvalue weighted by atomic mass is 32.2. The summed E-state index contributed by atoms with van der Waals surface area (Å²) in [7, 11) is 0. The molecule has 0 fully saturated rings. The molecule has 0 aliphatic carbocycles. The van der Waals surface area contributed by atoms with Crippen LogP contribution in [0.3, 0.4) is 0 Å². The van der Waals surface area contributed by atoms with Gasteiger partial charge in [0.05, 0.1) is 12.3 Å². The molecule has 166 valence electrons.